The molecule has 0 N–H and O–H groups in total. The van der Waals surface area contributed by atoms with Crippen LogP contribution in [-0.4, -0.2) is 107 Å². The number of hydrogen-bond donors (Lipinski definition) is 0. The zero-order chi connectivity index (χ0) is 43.5. The first-order valence-electron chi connectivity index (χ1n) is 21.0. The molecular formula is C50H64N4O6. The van der Waals surface area contributed by atoms with Gasteiger partial charge in [-0.3, -0.25) is 4.90 Å². The highest BCUT2D eigenvalue weighted by molar-refractivity contribution is 6.04. The lowest BCUT2D eigenvalue weighted by atomic mass is 9.85. The standard InChI is InChI=1S/C50H64N4O6/c1-48(2,3)58-45(55)52-31-29-51(30-32-53(46(56)59-49(4,5)6)34-36-54(35-33-52)47(57)60-50(7,8)9)37-38-25-27-42(28-26-38)44(41-23-17-12-18-24-41)43(39-19-13-10-14-20-39)40-21-15-11-16-22-40/h10-28H,29-37H2,1-9H3. The van der Waals surface area contributed by atoms with Crippen LogP contribution in [0.3, 0.4) is 0 Å². The maximum atomic E-state index is 13.6. The molecule has 0 aromatic heterocycles. The number of carbonyl (C=O) groups is 3. The van der Waals surface area contributed by atoms with Crippen molar-refractivity contribution >= 4 is 29.4 Å². The summed E-state index contributed by atoms with van der Waals surface area (Å²) >= 11 is 0. The van der Waals surface area contributed by atoms with Crippen molar-refractivity contribution < 1.29 is 28.6 Å². The van der Waals surface area contributed by atoms with Crippen molar-refractivity contribution in [3.63, 3.8) is 0 Å². The highest BCUT2D eigenvalue weighted by atomic mass is 16.6. The lowest BCUT2D eigenvalue weighted by Gasteiger charge is -2.35. The summed E-state index contributed by atoms with van der Waals surface area (Å²) in [4.78, 5) is 47.8. The number of benzene rings is 4. The minimum atomic E-state index is -0.722. The Morgan fingerprint density at radius 1 is 0.400 bits per heavy atom. The quantitative estimate of drug-likeness (QED) is 0.141. The Morgan fingerprint density at radius 2 is 0.667 bits per heavy atom. The van der Waals surface area contributed by atoms with Crippen LogP contribution < -0.4 is 0 Å². The van der Waals surface area contributed by atoms with Crippen molar-refractivity contribution in [1.29, 1.82) is 0 Å². The van der Waals surface area contributed by atoms with Crippen molar-refractivity contribution in [3.05, 3.63) is 143 Å². The summed E-state index contributed by atoms with van der Waals surface area (Å²) in [5, 5.41) is 0. The molecule has 1 aliphatic heterocycles. The van der Waals surface area contributed by atoms with Crippen molar-refractivity contribution in [2.45, 2.75) is 85.7 Å². The van der Waals surface area contributed by atoms with Gasteiger partial charge >= 0.3 is 18.3 Å². The Balaban J connectivity index is 1.48. The van der Waals surface area contributed by atoms with Crippen molar-refractivity contribution in [1.82, 2.24) is 19.6 Å². The number of amides is 3. The van der Waals surface area contributed by atoms with E-state index in [9.17, 15) is 14.4 Å². The van der Waals surface area contributed by atoms with E-state index in [1.807, 2.05) is 80.5 Å². The highest BCUT2D eigenvalue weighted by Crippen LogP contribution is 2.37. The van der Waals surface area contributed by atoms with Crippen LogP contribution in [0.25, 0.3) is 11.1 Å². The fourth-order valence-corrected chi connectivity index (χ4v) is 6.90. The Labute approximate surface area is 357 Å². The molecule has 320 valence electrons. The first-order chi connectivity index (χ1) is 28.3. The van der Waals surface area contributed by atoms with Gasteiger partial charge in [0.15, 0.2) is 0 Å². The molecule has 3 amide bonds. The number of rotatable bonds is 6. The van der Waals surface area contributed by atoms with Crippen LogP contribution in [0.15, 0.2) is 115 Å². The third-order valence-corrected chi connectivity index (χ3v) is 9.69. The van der Waals surface area contributed by atoms with Crippen LogP contribution in [0.1, 0.15) is 90.1 Å². The van der Waals surface area contributed by atoms with Gasteiger partial charge in [0.05, 0.1) is 0 Å². The Morgan fingerprint density at radius 3 is 0.950 bits per heavy atom. The third-order valence-electron chi connectivity index (χ3n) is 9.69. The largest absolute Gasteiger partial charge is 0.444 e. The van der Waals surface area contributed by atoms with E-state index in [0.29, 0.717) is 32.7 Å². The molecule has 0 radical (unpaired) electrons. The zero-order valence-corrected chi connectivity index (χ0v) is 37.1. The van der Waals surface area contributed by atoms with Crippen LogP contribution in [0.2, 0.25) is 0 Å². The highest BCUT2D eigenvalue weighted by Gasteiger charge is 2.30. The van der Waals surface area contributed by atoms with Crippen LogP contribution in [0.5, 0.6) is 0 Å². The lowest BCUT2D eigenvalue weighted by molar-refractivity contribution is 0.00449. The molecule has 0 unspecified atom stereocenters. The second kappa shape index (κ2) is 20.1. The molecule has 1 heterocycles. The predicted octanol–water partition coefficient (Wildman–Crippen LogP) is 10.2. The minimum Gasteiger partial charge on any atom is -0.444 e. The summed E-state index contributed by atoms with van der Waals surface area (Å²) in [6, 6.07) is 40.2. The first kappa shape index (κ1) is 45.5. The van der Waals surface area contributed by atoms with Crippen LogP contribution >= 0.6 is 0 Å². The van der Waals surface area contributed by atoms with Gasteiger partial charge in [-0.1, -0.05) is 115 Å². The molecule has 0 saturated carbocycles. The number of ether oxygens (including phenoxy) is 3. The zero-order valence-electron chi connectivity index (χ0n) is 37.1. The SMILES string of the molecule is CC(C)(C)OC(=O)N1CCN(Cc2ccc(C(=C(c3ccccc3)c3ccccc3)c3ccccc3)cc2)CCN(C(=O)OC(C)(C)C)CCN(C(=O)OC(C)(C)C)CC1. The second-order valence-corrected chi connectivity index (χ2v) is 18.2. The second-order valence-electron chi connectivity index (χ2n) is 18.2. The van der Waals surface area contributed by atoms with Crippen LogP contribution in [0, 0.1) is 0 Å². The van der Waals surface area contributed by atoms with Gasteiger partial charge in [-0.2, -0.15) is 0 Å². The van der Waals surface area contributed by atoms with E-state index in [-0.39, 0.29) is 26.2 Å². The smallest absolute Gasteiger partial charge is 0.410 e. The molecular weight excluding hydrogens is 753 g/mol. The maximum Gasteiger partial charge on any atom is 0.410 e. The van der Waals surface area contributed by atoms with Gasteiger partial charge in [-0.25, -0.2) is 14.4 Å². The first-order valence-corrected chi connectivity index (χ1v) is 21.0. The maximum absolute atomic E-state index is 13.6. The summed E-state index contributed by atoms with van der Waals surface area (Å²) < 4.78 is 17.4. The summed E-state index contributed by atoms with van der Waals surface area (Å²) in [7, 11) is 0. The average molecular weight is 817 g/mol. The van der Waals surface area contributed by atoms with Crippen LogP contribution in [0.4, 0.5) is 14.4 Å². The monoisotopic (exact) mass is 816 g/mol. The molecule has 0 atom stereocenters. The fourth-order valence-electron chi connectivity index (χ4n) is 6.90. The van der Waals surface area contributed by atoms with Crippen molar-refractivity contribution in [2.75, 3.05) is 52.4 Å². The molecule has 10 heteroatoms. The molecule has 0 aliphatic carbocycles. The number of nitrogens with zero attached hydrogens (tertiary/aromatic N) is 4. The molecule has 5 rings (SSSR count). The van der Waals surface area contributed by atoms with Gasteiger partial charge in [-0.05, 0) is 101 Å². The van der Waals surface area contributed by atoms with E-state index in [4.69, 9.17) is 14.2 Å². The third kappa shape index (κ3) is 14.0. The molecule has 0 bridgehead atoms. The van der Waals surface area contributed by atoms with E-state index < -0.39 is 35.1 Å². The predicted molar refractivity (Wildman–Crippen MR) is 239 cm³/mol. The topological polar surface area (TPSA) is 91.9 Å². The van der Waals surface area contributed by atoms with Crippen LogP contribution in [-0.2, 0) is 20.8 Å². The normalized spacial score (nSPS) is 15.0. The van der Waals surface area contributed by atoms with E-state index in [1.54, 1.807) is 14.7 Å². The van der Waals surface area contributed by atoms with Crippen molar-refractivity contribution in [2.24, 2.45) is 0 Å². The molecule has 4 aromatic rings. The van der Waals surface area contributed by atoms with Gasteiger partial charge in [0.2, 0.25) is 0 Å². The van der Waals surface area contributed by atoms with Gasteiger partial charge < -0.3 is 28.9 Å². The average Bonchev–Trinajstić information content (AvgIpc) is 3.17. The molecule has 1 saturated heterocycles. The lowest BCUT2D eigenvalue weighted by Crippen LogP contribution is -2.51. The van der Waals surface area contributed by atoms with Gasteiger partial charge in [0, 0.05) is 58.9 Å². The molecule has 0 spiro atoms. The molecule has 4 aromatic carbocycles. The molecule has 10 nitrogen and oxygen atoms in total. The molecule has 60 heavy (non-hydrogen) atoms. The Kier molecular flexibility index (Phi) is 15.2. The van der Waals surface area contributed by atoms with Crippen molar-refractivity contribution in [3.8, 4) is 0 Å². The van der Waals surface area contributed by atoms with E-state index in [2.05, 4.69) is 102 Å². The van der Waals surface area contributed by atoms with E-state index >= 15 is 0 Å². The number of hydrogen-bond acceptors (Lipinski definition) is 7. The Bertz CT molecular complexity index is 1950. The van der Waals surface area contributed by atoms with Gasteiger partial charge in [0.25, 0.3) is 0 Å². The van der Waals surface area contributed by atoms with Gasteiger partial charge in [0.1, 0.15) is 16.8 Å². The summed E-state index contributed by atoms with van der Waals surface area (Å²) in [5.74, 6) is 0. The fraction of sp³-hybridized carbons (Fsp3) is 0.420. The Hall–Kier alpha value is -5.61. The summed E-state index contributed by atoms with van der Waals surface area (Å²) in [6.45, 7) is 19.6. The summed E-state index contributed by atoms with van der Waals surface area (Å²) in [5.41, 5.74) is 5.70. The van der Waals surface area contributed by atoms with E-state index in [1.165, 1.54) is 0 Å². The van der Waals surface area contributed by atoms with Gasteiger partial charge in [-0.15, -0.1) is 0 Å². The molecule has 1 aliphatic rings. The number of carbonyl (C=O) groups excluding carboxylic acids is 3. The van der Waals surface area contributed by atoms with E-state index in [0.717, 1.165) is 39.0 Å². The molecule has 1 fully saturated rings. The summed E-state index contributed by atoms with van der Waals surface area (Å²) in [6.07, 6.45) is -1.41. The minimum absolute atomic E-state index is 0.197.